The maximum absolute atomic E-state index is 12.9. The minimum atomic E-state index is -0.729. The van der Waals surface area contributed by atoms with Crippen molar-refractivity contribution in [1.82, 2.24) is 9.55 Å². The van der Waals surface area contributed by atoms with Gasteiger partial charge in [0.25, 0.3) is 11.5 Å². The quantitative estimate of drug-likeness (QED) is 0.632. The van der Waals surface area contributed by atoms with Gasteiger partial charge in [0.05, 0.1) is 5.69 Å². The molecule has 0 bridgehead atoms. The summed E-state index contributed by atoms with van der Waals surface area (Å²) >= 11 is 0. The zero-order valence-electron chi connectivity index (χ0n) is 16.2. The fourth-order valence-corrected chi connectivity index (χ4v) is 2.81. The smallest absolute Gasteiger partial charge is 0.326 e. The van der Waals surface area contributed by atoms with Crippen LogP contribution < -0.4 is 21.9 Å². The summed E-state index contributed by atoms with van der Waals surface area (Å²) in [6, 6.07) is 11.7. The molecule has 29 heavy (non-hydrogen) atoms. The first-order valence-corrected chi connectivity index (χ1v) is 8.87. The van der Waals surface area contributed by atoms with Gasteiger partial charge in [0.2, 0.25) is 5.91 Å². The number of anilines is 2. The average Bonchev–Trinajstić information content (AvgIpc) is 2.64. The molecule has 3 N–H and O–H groups in total. The first-order valence-electron chi connectivity index (χ1n) is 8.87. The van der Waals surface area contributed by atoms with Crippen LogP contribution in [0.3, 0.4) is 0 Å². The lowest BCUT2D eigenvalue weighted by Crippen LogP contribution is -2.38. The highest BCUT2D eigenvalue weighted by Crippen LogP contribution is 2.16. The minimum absolute atomic E-state index is 0.215. The van der Waals surface area contributed by atoms with E-state index in [0.29, 0.717) is 17.1 Å². The van der Waals surface area contributed by atoms with Gasteiger partial charge in [-0.2, -0.15) is 0 Å². The predicted molar refractivity (Wildman–Crippen MR) is 111 cm³/mol. The van der Waals surface area contributed by atoms with Crippen LogP contribution in [0.25, 0.3) is 5.69 Å². The summed E-state index contributed by atoms with van der Waals surface area (Å²) in [5.41, 5.74) is 1.63. The number of nitrogens with zero attached hydrogens (tertiary/aromatic N) is 1. The van der Waals surface area contributed by atoms with E-state index in [0.717, 1.165) is 21.9 Å². The van der Waals surface area contributed by atoms with Gasteiger partial charge in [-0.15, -0.1) is 0 Å². The number of aryl methyl sites for hydroxylation is 2. The van der Waals surface area contributed by atoms with Crippen LogP contribution in [-0.4, -0.2) is 21.4 Å². The number of aromatic amines is 1. The van der Waals surface area contributed by atoms with Crippen LogP contribution in [0.15, 0.2) is 58.3 Å². The van der Waals surface area contributed by atoms with Crippen LogP contribution in [-0.2, 0) is 4.79 Å². The second-order valence-electron chi connectivity index (χ2n) is 6.63. The molecular formula is C21H20N4O4. The Kier molecular flexibility index (Phi) is 5.45. The Morgan fingerprint density at radius 1 is 0.931 bits per heavy atom. The van der Waals surface area contributed by atoms with Gasteiger partial charge in [-0.25, -0.2) is 9.36 Å². The van der Waals surface area contributed by atoms with E-state index < -0.39 is 17.2 Å². The first kappa shape index (κ1) is 19.8. The zero-order chi connectivity index (χ0) is 21.1. The van der Waals surface area contributed by atoms with Crippen LogP contribution >= 0.6 is 0 Å². The van der Waals surface area contributed by atoms with Crippen molar-refractivity contribution in [3.8, 4) is 5.69 Å². The van der Waals surface area contributed by atoms with Crippen molar-refractivity contribution in [2.45, 2.75) is 20.8 Å². The molecule has 0 aliphatic carbocycles. The van der Waals surface area contributed by atoms with Crippen molar-refractivity contribution in [1.29, 1.82) is 0 Å². The molecule has 0 saturated heterocycles. The molecule has 0 saturated carbocycles. The molecule has 2 amide bonds. The molecule has 3 aromatic rings. The van der Waals surface area contributed by atoms with Crippen LogP contribution in [0.2, 0.25) is 0 Å². The van der Waals surface area contributed by atoms with E-state index in [1.807, 2.05) is 13.8 Å². The third-order valence-electron chi connectivity index (χ3n) is 4.41. The van der Waals surface area contributed by atoms with E-state index >= 15 is 0 Å². The Labute approximate surface area is 166 Å². The normalized spacial score (nSPS) is 10.4. The predicted octanol–water partition coefficient (Wildman–Crippen LogP) is 2.35. The van der Waals surface area contributed by atoms with Crippen LogP contribution in [0.1, 0.15) is 28.4 Å². The van der Waals surface area contributed by atoms with E-state index in [2.05, 4.69) is 15.6 Å². The largest absolute Gasteiger partial charge is 0.333 e. The second kappa shape index (κ2) is 7.97. The number of amides is 2. The Hall–Kier alpha value is -3.94. The van der Waals surface area contributed by atoms with Gasteiger partial charge in [-0.3, -0.25) is 14.4 Å². The summed E-state index contributed by atoms with van der Waals surface area (Å²) in [6.45, 7) is 5.17. The second-order valence-corrected chi connectivity index (χ2v) is 6.63. The standard InChI is InChI=1S/C21H20N4O4/c1-12-7-8-17(9-13(12)2)25-20(28)18(11-22-21(25)29)19(27)24-16-6-4-5-15(10-16)23-14(3)26/h4-11H,1-3H3,(H,22,29)(H,23,26)(H,24,27). The molecular weight excluding hydrogens is 372 g/mol. The third kappa shape index (κ3) is 4.32. The Balaban J connectivity index is 1.96. The highest BCUT2D eigenvalue weighted by atomic mass is 16.2. The Bertz CT molecular complexity index is 1220. The Morgan fingerprint density at radius 2 is 1.62 bits per heavy atom. The average molecular weight is 392 g/mol. The molecule has 3 rings (SSSR count). The van der Waals surface area contributed by atoms with Gasteiger partial charge in [-0.1, -0.05) is 12.1 Å². The van der Waals surface area contributed by atoms with E-state index in [1.54, 1.807) is 42.5 Å². The van der Waals surface area contributed by atoms with Gasteiger partial charge in [-0.05, 0) is 55.3 Å². The van der Waals surface area contributed by atoms with Gasteiger partial charge in [0.1, 0.15) is 5.56 Å². The molecule has 8 heteroatoms. The number of hydrogen-bond acceptors (Lipinski definition) is 4. The lowest BCUT2D eigenvalue weighted by Gasteiger charge is -2.10. The molecule has 0 radical (unpaired) electrons. The molecule has 148 valence electrons. The molecule has 1 heterocycles. The van der Waals surface area contributed by atoms with E-state index in [4.69, 9.17) is 0 Å². The van der Waals surface area contributed by atoms with Crippen LogP contribution in [0.4, 0.5) is 11.4 Å². The highest BCUT2D eigenvalue weighted by Gasteiger charge is 2.16. The van der Waals surface area contributed by atoms with Gasteiger partial charge in [0.15, 0.2) is 0 Å². The fraction of sp³-hybridized carbons (Fsp3) is 0.143. The summed E-state index contributed by atoms with van der Waals surface area (Å²) in [5, 5.41) is 5.22. The molecule has 8 nitrogen and oxygen atoms in total. The monoisotopic (exact) mass is 392 g/mol. The molecule has 0 spiro atoms. The van der Waals surface area contributed by atoms with Crippen LogP contribution in [0, 0.1) is 13.8 Å². The van der Waals surface area contributed by atoms with Crippen molar-refractivity contribution in [3.05, 3.63) is 86.2 Å². The molecule has 2 aromatic carbocycles. The number of aromatic nitrogens is 2. The number of hydrogen-bond donors (Lipinski definition) is 3. The molecule has 0 aliphatic heterocycles. The summed E-state index contributed by atoms with van der Waals surface area (Å²) < 4.78 is 0.926. The number of H-pyrrole nitrogens is 1. The van der Waals surface area contributed by atoms with Gasteiger partial charge < -0.3 is 15.6 Å². The topological polar surface area (TPSA) is 113 Å². The van der Waals surface area contributed by atoms with Gasteiger partial charge in [0, 0.05) is 24.5 Å². The number of carbonyl (C=O) groups excluding carboxylic acids is 2. The lowest BCUT2D eigenvalue weighted by molar-refractivity contribution is -0.114. The number of benzene rings is 2. The first-order chi connectivity index (χ1) is 13.8. The fourth-order valence-electron chi connectivity index (χ4n) is 2.81. The van der Waals surface area contributed by atoms with Gasteiger partial charge >= 0.3 is 5.69 Å². The Morgan fingerprint density at radius 3 is 2.28 bits per heavy atom. The summed E-state index contributed by atoms with van der Waals surface area (Å²) in [7, 11) is 0. The van der Waals surface area contributed by atoms with E-state index in [1.165, 1.54) is 6.92 Å². The van der Waals surface area contributed by atoms with Crippen molar-refractivity contribution in [3.63, 3.8) is 0 Å². The van der Waals surface area contributed by atoms with Crippen molar-refractivity contribution in [2.24, 2.45) is 0 Å². The lowest BCUT2D eigenvalue weighted by atomic mass is 10.1. The molecule has 0 aliphatic rings. The highest BCUT2D eigenvalue weighted by molar-refractivity contribution is 6.04. The number of nitrogens with one attached hydrogen (secondary N) is 3. The molecule has 1 aromatic heterocycles. The summed E-state index contributed by atoms with van der Waals surface area (Å²) in [4.78, 5) is 51.4. The van der Waals surface area contributed by atoms with Crippen molar-refractivity contribution >= 4 is 23.2 Å². The third-order valence-corrected chi connectivity index (χ3v) is 4.41. The van der Waals surface area contributed by atoms with E-state index in [-0.39, 0.29) is 11.5 Å². The van der Waals surface area contributed by atoms with Crippen molar-refractivity contribution in [2.75, 3.05) is 10.6 Å². The molecule has 0 unspecified atom stereocenters. The number of carbonyl (C=O) groups is 2. The molecule has 0 fully saturated rings. The maximum Gasteiger partial charge on any atom is 0.333 e. The molecule has 0 atom stereocenters. The van der Waals surface area contributed by atoms with Crippen molar-refractivity contribution < 1.29 is 9.59 Å². The van der Waals surface area contributed by atoms with E-state index in [9.17, 15) is 19.2 Å². The minimum Gasteiger partial charge on any atom is -0.326 e. The SMILES string of the molecule is CC(=O)Nc1cccc(NC(=O)c2c[nH]c(=O)n(-c3ccc(C)c(C)c3)c2=O)c1. The number of rotatable bonds is 4. The summed E-state index contributed by atoms with van der Waals surface area (Å²) in [5.74, 6) is -0.922. The maximum atomic E-state index is 12.9. The zero-order valence-corrected chi connectivity index (χ0v) is 16.2. The van der Waals surface area contributed by atoms with Crippen LogP contribution in [0.5, 0.6) is 0 Å². The summed E-state index contributed by atoms with van der Waals surface area (Å²) in [6.07, 6.45) is 1.09.